The lowest BCUT2D eigenvalue weighted by atomic mass is 9.89. The largest absolute Gasteiger partial charge is 0.393 e. The van der Waals surface area contributed by atoms with Crippen LogP contribution in [0.2, 0.25) is 0 Å². The third kappa shape index (κ3) is 2.97. The molecule has 0 fully saturated rings. The summed E-state index contributed by atoms with van der Waals surface area (Å²) in [6, 6.07) is 11.9. The van der Waals surface area contributed by atoms with Crippen LogP contribution in [0.15, 0.2) is 54.6 Å². The quantitative estimate of drug-likeness (QED) is 0.916. The van der Waals surface area contributed by atoms with E-state index in [1.54, 1.807) is 44.4 Å². The fourth-order valence-corrected chi connectivity index (χ4v) is 3.30. The molecule has 2 aromatic carbocycles. The number of amides is 2. The third-order valence-electron chi connectivity index (χ3n) is 4.63. The third-order valence-corrected chi connectivity index (χ3v) is 4.63. The van der Waals surface area contributed by atoms with Crippen molar-refractivity contribution in [3.8, 4) is 0 Å². The van der Waals surface area contributed by atoms with Crippen LogP contribution in [0.5, 0.6) is 0 Å². The van der Waals surface area contributed by atoms with Gasteiger partial charge in [0.25, 0.3) is 0 Å². The van der Waals surface area contributed by atoms with Gasteiger partial charge in [-0.15, -0.1) is 0 Å². The number of carbonyl (C=O) groups excluding carboxylic acids is 1. The maximum absolute atomic E-state index is 14.3. The minimum absolute atomic E-state index is 0.0623. The Bertz CT molecular complexity index is 852. The van der Waals surface area contributed by atoms with Gasteiger partial charge in [0.05, 0.1) is 6.61 Å². The van der Waals surface area contributed by atoms with Crippen molar-refractivity contribution in [2.24, 2.45) is 0 Å². The van der Waals surface area contributed by atoms with E-state index >= 15 is 0 Å². The molecule has 1 heterocycles. The first-order chi connectivity index (χ1) is 12.4. The normalized spacial score (nSPS) is 19.4. The summed E-state index contributed by atoms with van der Waals surface area (Å²) < 4.78 is 27.9. The predicted molar refractivity (Wildman–Crippen MR) is 95.3 cm³/mol. The van der Waals surface area contributed by atoms with Gasteiger partial charge in [-0.3, -0.25) is 0 Å². The molecule has 4 nitrogen and oxygen atoms in total. The average Bonchev–Trinajstić information content (AvgIpc) is 3.04. The van der Waals surface area contributed by atoms with E-state index in [0.29, 0.717) is 11.1 Å². The zero-order valence-corrected chi connectivity index (χ0v) is 14.6. The molecule has 1 aliphatic rings. The van der Waals surface area contributed by atoms with Gasteiger partial charge in [-0.1, -0.05) is 30.3 Å². The fourth-order valence-electron chi connectivity index (χ4n) is 3.30. The summed E-state index contributed by atoms with van der Waals surface area (Å²) in [5, 5.41) is 10.2. The van der Waals surface area contributed by atoms with Gasteiger partial charge >= 0.3 is 6.03 Å². The molecule has 0 aliphatic carbocycles. The topological polar surface area (TPSA) is 43.8 Å². The second-order valence-corrected chi connectivity index (χ2v) is 6.51. The number of urea groups is 1. The standard InChI is InChI=1S/C20H20F2N2O2/c1-23(2)19(26)24-12-14(17-10-16(21)8-9-18(17)22)11-20(24,13-25)15-6-4-3-5-7-15/h3-11,25H,12-13H2,1-2H3/t20-/m1/s1. The summed E-state index contributed by atoms with van der Waals surface area (Å²) in [6.07, 6.45) is 1.65. The molecule has 2 amide bonds. The Kier molecular flexibility index (Phi) is 4.78. The van der Waals surface area contributed by atoms with E-state index < -0.39 is 17.2 Å². The summed E-state index contributed by atoms with van der Waals surface area (Å²) in [7, 11) is 3.21. The minimum atomic E-state index is -1.14. The van der Waals surface area contributed by atoms with E-state index in [1.807, 2.05) is 6.07 Å². The molecular formula is C20H20F2N2O2. The smallest absolute Gasteiger partial charge is 0.320 e. The molecule has 0 saturated heterocycles. The van der Waals surface area contributed by atoms with Gasteiger partial charge in [-0.2, -0.15) is 0 Å². The monoisotopic (exact) mass is 358 g/mol. The highest BCUT2D eigenvalue weighted by Crippen LogP contribution is 2.41. The van der Waals surface area contributed by atoms with E-state index in [2.05, 4.69) is 0 Å². The van der Waals surface area contributed by atoms with Gasteiger partial charge in [-0.25, -0.2) is 13.6 Å². The van der Waals surface area contributed by atoms with Gasteiger partial charge in [0, 0.05) is 26.2 Å². The summed E-state index contributed by atoms with van der Waals surface area (Å²) >= 11 is 0. The van der Waals surface area contributed by atoms with Crippen LogP contribution in [-0.4, -0.2) is 48.2 Å². The molecule has 3 rings (SSSR count). The van der Waals surface area contributed by atoms with Crippen molar-refractivity contribution in [2.75, 3.05) is 27.2 Å². The molecule has 136 valence electrons. The van der Waals surface area contributed by atoms with Crippen molar-refractivity contribution in [1.82, 2.24) is 9.80 Å². The van der Waals surface area contributed by atoms with Crippen LogP contribution in [0.25, 0.3) is 5.57 Å². The number of aliphatic hydroxyl groups excluding tert-OH is 1. The van der Waals surface area contributed by atoms with Crippen molar-refractivity contribution < 1.29 is 18.7 Å². The molecule has 1 N–H and O–H groups in total. The van der Waals surface area contributed by atoms with Gasteiger partial charge in [-0.05, 0) is 35.4 Å². The maximum Gasteiger partial charge on any atom is 0.320 e. The fraction of sp³-hybridized carbons (Fsp3) is 0.250. The van der Waals surface area contributed by atoms with Crippen molar-refractivity contribution >= 4 is 11.6 Å². The first-order valence-electron chi connectivity index (χ1n) is 8.21. The van der Waals surface area contributed by atoms with Gasteiger partial charge < -0.3 is 14.9 Å². The predicted octanol–water partition coefficient (Wildman–Crippen LogP) is 3.23. The highest BCUT2D eigenvalue weighted by atomic mass is 19.1. The molecule has 26 heavy (non-hydrogen) atoms. The highest BCUT2D eigenvalue weighted by molar-refractivity contribution is 5.83. The molecule has 1 aliphatic heterocycles. The Labute approximate surface area is 151 Å². The minimum Gasteiger partial charge on any atom is -0.393 e. The Morgan fingerprint density at radius 2 is 1.88 bits per heavy atom. The van der Waals surface area contributed by atoms with E-state index in [4.69, 9.17) is 0 Å². The second-order valence-electron chi connectivity index (χ2n) is 6.51. The Morgan fingerprint density at radius 3 is 2.50 bits per heavy atom. The number of aliphatic hydroxyl groups is 1. The molecule has 0 unspecified atom stereocenters. The Balaban J connectivity index is 2.17. The second kappa shape index (κ2) is 6.88. The summed E-state index contributed by atoms with van der Waals surface area (Å²) in [6.45, 7) is -0.316. The number of carbonyl (C=O) groups is 1. The van der Waals surface area contributed by atoms with Gasteiger partial charge in [0.15, 0.2) is 0 Å². The van der Waals surface area contributed by atoms with Crippen LogP contribution in [0.4, 0.5) is 13.6 Å². The van der Waals surface area contributed by atoms with Gasteiger partial charge in [0.1, 0.15) is 17.2 Å². The van der Waals surface area contributed by atoms with E-state index in [-0.39, 0.29) is 24.7 Å². The molecule has 2 aromatic rings. The summed E-state index contributed by atoms with van der Waals surface area (Å²) in [4.78, 5) is 15.6. The SMILES string of the molecule is CN(C)C(=O)N1CC(c2cc(F)ccc2F)=C[C@@]1(CO)c1ccccc1. The number of nitrogens with zero attached hydrogens (tertiary/aromatic N) is 2. The van der Waals surface area contributed by atoms with E-state index in [9.17, 15) is 18.7 Å². The van der Waals surface area contributed by atoms with Crippen molar-refractivity contribution in [1.29, 1.82) is 0 Å². The number of halogens is 2. The van der Waals surface area contributed by atoms with Crippen LogP contribution in [0, 0.1) is 11.6 Å². The van der Waals surface area contributed by atoms with Gasteiger partial charge in [0.2, 0.25) is 0 Å². The first-order valence-corrected chi connectivity index (χ1v) is 8.21. The summed E-state index contributed by atoms with van der Waals surface area (Å²) in [5.41, 5.74) is 0.101. The van der Waals surface area contributed by atoms with Crippen LogP contribution in [0.1, 0.15) is 11.1 Å². The lowest BCUT2D eigenvalue weighted by molar-refractivity contribution is 0.0906. The van der Waals surface area contributed by atoms with Crippen molar-refractivity contribution in [2.45, 2.75) is 5.54 Å². The van der Waals surface area contributed by atoms with Crippen LogP contribution in [0.3, 0.4) is 0 Å². The number of hydrogen-bond acceptors (Lipinski definition) is 2. The van der Waals surface area contributed by atoms with Crippen LogP contribution < -0.4 is 0 Å². The lowest BCUT2D eigenvalue weighted by Gasteiger charge is -2.38. The van der Waals surface area contributed by atoms with Crippen LogP contribution in [-0.2, 0) is 5.54 Å². The zero-order chi connectivity index (χ0) is 18.9. The molecule has 1 atom stereocenters. The Morgan fingerprint density at radius 1 is 1.19 bits per heavy atom. The first kappa shape index (κ1) is 18.1. The molecule has 0 aromatic heterocycles. The molecule has 0 radical (unpaired) electrons. The number of benzene rings is 2. The molecular weight excluding hydrogens is 338 g/mol. The number of rotatable bonds is 3. The summed E-state index contributed by atoms with van der Waals surface area (Å²) in [5.74, 6) is -1.13. The average molecular weight is 358 g/mol. The highest BCUT2D eigenvalue weighted by Gasteiger charge is 2.45. The lowest BCUT2D eigenvalue weighted by Crippen LogP contribution is -2.51. The molecule has 0 bridgehead atoms. The zero-order valence-electron chi connectivity index (χ0n) is 14.6. The van der Waals surface area contributed by atoms with E-state index in [0.717, 1.165) is 18.2 Å². The molecule has 0 spiro atoms. The van der Waals surface area contributed by atoms with Crippen LogP contribution >= 0.6 is 0 Å². The van der Waals surface area contributed by atoms with E-state index in [1.165, 1.54) is 9.80 Å². The number of hydrogen-bond donors (Lipinski definition) is 1. The van der Waals surface area contributed by atoms with Crippen molar-refractivity contribution in [3.05, 3.63) is 77.4 Å². The Hall–Kier alpha value is -2.73. The van der Waals surface area contributed by atoms with Crippen molar-refractivity contribution in [3.63, 3.8) is 0 Å². The molecule has 6 heteroatoms. The maximum atomic E-state index is 14.3. The molecule has 0 saturated carbocycles.